The van der Waals surface area contributed by atoms with E-state index in [0.717, 1.165) is 22.3 Å². The molecular weight excluding hydrogens is 418 g/mol. The fraction of sp³-hybridized carbons (Fsp3) is 0.478. The number of fused-ring (bicyclic) bond motifs is 2. The fourth-order valence-electron chi connectivity index (χ4n) is 5.21. The molecular formula is C23H29NO4S2. The molecule has 0 saturated carbocycles. The van der Waals surface area contributed by atoms with Gasteiger partial charge in [-0.05, 0) is 87.8 Å². The van der Waals surface area contributed by atoms with Gasteiger partial charge in [0.15, 0.2) is 9.84 Å². The van der Waals surface area contributed by atoms with Gasteiger partial charge in [-0.2, -0.15) is 4.31 Å². The normalized spacial score (nSPS) is 24.9. The highest BCUT2D eigenvalue weighted by atomic mass is 32.2. The van der Waals surface area contributed by atoms with Crippen LogP contribution in [0.25, 0.3) is 0 Å². The minimum absolute atomic E-state index is 0.267. The standard InChI is InChI=1S/C23H29NO4S2/c1-15-12-16(2)18(4)23(17(15)3)30(27,28)24-19-10-11-20(24)14-22(13-19)29(25,26)21-8-6-5-7-9-21/h5-9,12,19-20,22H,10-11,13-14H2,1-4H3/t19-,20-/m0/s1. The van der Waals surface area contributed by atoms with E-state index in [1.165, 1.54) is 0 Å². The lowest BCUT2D eigenvalue weighted by Crippen LogP contribution is -2.49. The summed E-state index contributed by atoms with van der Waals surface area (Å²) >= 11 is 0. The monoisotopic (exact) mass is 447 g/mol. The smallest absolute Gasteiger partial charge is 0.223 e. The molecule has 4 rings (SSSR count). The molecule has 0 amide bonds. The van der Waals surface area contributed by atoms with E-state index in [-0.39, 0.29) is 12.1 Å². The molecule has 7 heteroatoms. The van der Waals surface area contributed by atoms with Crippen LogP contribution < -0.4 is 0 Å². The van der Waals surface area contributed by atoms with E-state index in [1.54, 1.807) is 34.6 Å². The molecule has 2 aromatic rings. The minimum Gasteiger partial charge on any atom is -0.223 e. The molecule has 162 valence electrons. The molecule has 0 radical (unpaired) electrons. The van der Waals surface area contributed by atoms with Gasteiger partial charge < -0.3 is 0 Å². The van der Waals surface area contributed by atoms with Gasteiger partial charge in [-0.1, -0.05) is 24.3 Å². The first kappa shape index (κ1) is 21.5. The number of sulfone groups is 1. The molecule has 5 nitrogen and oxygen atoms in total. The highest BCUT2D eigenvalue weighted by molar-refractivity contribution is 7.92. The molecule has 0 aliphatic carbocycles. The van der Waals surface area contributed by atoms with Crippen LogP contribution in [0.4, 0.5) is 0 Å². The molecule has 0 spiro atoms. The summed E-state index contributed by atoms with van der Waals surface area (Å²) in [5.41, 5.74) is 3.50. The summed E-state index contributed by atoms with van der Waals surface area (Å²) in [7, 11) is -7.17. The number of sulfonamides is 1. The summed E-state index contributed by atoms with van der Waals surface area (Å²) in [5.74, 6) is 0. The third-order valence-electron chi connectivity index (χ3n) is 6.97. The minimum atomic E-state index is -3.70. The average Bonchev–Trinajstić information content (AvgIpc) is 2.98. The van der Waals surface area contributed by atoms with Crippen molar-refractivity contribution in [3.8, 4) is 0 Å². The van der Waals surface area contributed by atoms with Crippen molar-refractivity contribution in [1.82, 2.24) is 4.31 Å². The van der Waals surface area contributed by atoms with Gasteiger partial charge in [-0.25, -0.2) is 16.8 Å². The summed E-state index contributed by atoms with van der Waals surface area (Å²) in [6.45, 7) is 7.61. The molecule has 2 bridgehead atoms. The van der Waals surface area contributed by atoms with Crippen molar-refractivity contribution in [3.63, 3.8) is 0 Å². The maximum Gasteiger partial charge on any atom is 0.244 e. The molecule has 0 aromatic heterocycles. The van der Waals surface area contributed by atoms with Crippen LogP contribution in [0.3, 0.4) is 0 Å². The summed E-state index contributed by atoms with van der Waals surface area (Å²) in [5, 5.41) is -0.537. The van der Waals surface area contributed by atoms with Gasteiger partial charge >= 0.3 is 0 Å². The van der Waals surface area contributed by atoms with Crippen molar-refractivity contribution in [3.05, 3.63) is 58.7 Å². The Kier molecular flexibility index (Phi) is 5.36. The Morgan fingerprint density at radius 1 is 0.800 bits per heavy atom. The molecule has 2 aromatic carbocycles. The van der Waals surface area contributed by atoms with Crippen molar-refractivity contribution in [2.24, 2.45) is 0 Å². The van der Waals surface area contributed by atoms with Gasteiger partial charge in [0.1, 0.15) is 0 Å². The Labute approximate surface area is 180 Å². The average molecular weight is 448 g/mol. The third-order valence-corrected chi connectivity index (χ3v) is 11.4. The van der Waals surface area contributed by atoms with E-state index in [9.17, 15) is 16.8 Å². The first-order chi connectivity index (χ1) is 14.0. The van der Waals surface area contributed by atoms with Crippen molar-refractivity contribution >= 4 is 19.9 Å². The molecule has 2 fully saturated rings. The molecule has 0 unspecified atom stereocenters. The zero-order valence-corrected chi connectivity index (χ0v) is 19.6. The van der Waals surface area contributed by atoms with Crippen LogP contribution in [0.2, 0.25) is 0 Å². The molecule has 2 aliphatic rings. The second kappa shape index (κ2) is 7.46. The second-order valence-corrected chi connectivity index (χ2v) is 12.8. The van der Waals surface area contributed by atoms with E-state index >= 15 is 0 Å². The van der Waals surface area contributed by atoms with Crippen molar-refractivity contribution in [2.45, 2.75) is 80.5 Å². The lowest BCUT2D eigenvalue weighted by atomic mass is 10.0. The lowest BCUT2D eigenvalue weighted by Gasteiger charge is -2.38. The van der Waals surface area contributed by atoms with Gasteiger partial charge in [-0.15, -0.1) is 0 Å². The number of benzene rings is 2. The van der Waals surface area contributed by atoms with Crippen LogP contribution >= 0.6 is 0 Å². The zero-order valence-electron chi connectivity index (χ0n) is 17.9. The molecule has 2 atom stereocenters. The fourth-order valence-corrected chi connectivity index (χ4v) is 9.55. The maximum atomic E-state index is 13.8. The van der Waals surface area contributed by atoms with Crippen molar-refractivity contribution < 1.29 is 16.8 Å². The van der Waals surface area contributed by atoms with Gasteiger partial charge in [-0.3, -0.25) is 0 Å². The maximum absolute atomic E-state index is 13.8. The highest BCUT2D eigenvalue weighted by Crippen LogP contribution is 2.44. The second-order valence-electron chi connectivity index (χ2n) is 8.76. The Morgan fingerprint density at radius 2 is 1.30 bits per heavy atom. The van der Waals surface area contributed by atoms with E-state index in [0.29, 0.717) is 35.5 Å². The number of rotatable bonds is 4. The van der Waals surface area contributed by atoms with Crippen LogP contribution in [-0.4, -0.2) is 38.5 Å². The predicted molar refractivity (Wildman–Crippen MR) is 118 cm³/mol. The first-order valence-electron chi connectivity index (χ1n) is 10.4. The summed E-state index contributed by atoms with van der Waals surface area (Å²) in [6, 6.07) is 10.0. The number of aryl methyl sites for hydroxylation is 2. The Morgan fingerprint density at radius 3 is 1.80 bits per heavy atom. The molecule has 0 N–H and O–H groups in total. The zero-order chi connectivity index (χ0) is 21.8. The van der Waals surface area contributed by atoms with Crippen LogP contribution in [0.5, 0.6) is 0 Å². The first-order valence-corrected chi connectivity index (χ1v) is 13.4. The number of piperidine rings is 1. The topological polar surface area (TPSA) is 71.5 Å². The van der Waals surface area contributed by atoms with Gasteiger partial charge in [0.25, 0.3) is 0 Å². The van der Waals surface area contributed by atoms with E-state index < -0.39 is 25.1 Å². The molecule has 30 heavy (non-hydrogen) atoms. The van der Waals surface area contributed by atoms with E-state index in [2.05, 4.69) is 0 Å². The number of nitrogens with zero attached hydrogens (tertiary/aromatic N) is 1. The summed E-state index contributed by atoms with van der Waals surface area (Å²) in [4.78, 5) is 0.730. The number of hydrogen-bond donors (Lipinski definition) is 0. The number of hydrogen-bond acceptors (Lipinski definition) is 4. The largest absolute Gasteiger partial charge is 0.244 e. The van der Waals surface area contributed by atoms with Crippen molar-refractivity contribution in [2.75, 3.05) is 0 Å². The predicted octanol–water partition coefficient (Wildman–Crippen LogP) is 4.08. The highest BCUT2D eigenvalue weighted by Gasteiger charge is 2.50. The summed E-state index contributed by atoms with van der Waals surface area (Å²) in [6.07, 6.45) is 2.15. The van der Waals surface area contributed by atoms with E-state index in [1.807, 2.05) is 33.8 Å². The lowest BCUT2D eigenvalue weighted by molar-refractivity contribution is 0.248. The van der Waals surface area contributed by atoms with Crippen molar-refractivity contribution in [1.29, 1.82) is 0 Å². The SMILES string of the molecule is Cc1cc(C)c(C)c(S(=O)(=O)N2[C@H]3CC[C@H]2CC(S(=O)(=O)c2ccccc2)C3)c1C. The Hall–Kier alpha value is -1.70. The van der Waals surface area contributed by atoms with Gasteiger partial charge in [0.2, 0.25) is 10.0 Å². The molecule has 2 aliphatic heterocycles. The van der Waals surface area contributed by atoms with Crippen LogP contribution in [0, 0.1) is 27.7 Å². The summed E-state index contributed by atoms with van der Waals surface area (Å²) < 4.78 is 55.6. The van der Waals surface area contributed by atoms with Crippen LogP contribution in [-0.2, 0) is 19.9 Å². The van der Waals surface area contributed by atoms with Gasteiger partial charge in [0, 0.05) is 12.1 Å². The quantitative estimate of drug-likeness (QED) is 0.708. The van der Waals surface area contributed by atoms with Crippen LogP contribution in [0.15, 0.2) is 46.2 Å². The van der Waals surface area contributed by atoms with Gasteiger partial charge in [0.05, 0.1) is 15.0 Å². The third kappa shape index (κ3) is 3.31. The molecule has 2 saturated heterocycles. The molecule has 2 heterocycles. The Bertz CT molecular complexity index is 1150. The Balaban J connectivity index is 1.70. The van der Waals surface area contributed by atoms with Crippen LogP contribution in [0.1, 0.15) is 47.9 Å². The van der Waals surface area contributed by atoms with E-state index in [4.69, 9.17) is 0 Å².